The van der Waals surface area contributed by atoms with Gasteiger partial charge in [-0.3, -0.25) is 4.68 Å². The van der Waals surface area contributed by atoms with Crippen molar-refractivity contribution in [2.75, 3.05) is 0 Å². The first-order chi connectivity index (χ1) is 13.3. The van der Waals surface area contributed by atoms with Gasteiger partial charge in [0.1, 0.15) is 12.4 Å². The molecule has 1 aliphatic rings. The standard InChI is InChI=1S/C24H24N2O/c1-2-21-17-24(26(25-21)22-11-7-4-8-12-22)20-13-15-23(16-14-20)27-18-19-9-5-3-6-10-19/h3,5-6,9-10,13-17,22H,2,7,11-12,18H2,1H3. The highest BCUT2D eigenvalue weighted by molar-refractivity contribution is 5.61. The highest BCUT2D eigenvalue weighted by Gasteiger charge is 2.18. The fraction of sp³-hybridized carbons (Fsp3) is 0.292. The van der Waals surface area contributed by atoms with Crippen molar-refractivity contribution in [1.82, 2.24) is 9.78 Å². The van der Waals surface area contributed by atoms with Crippen LogP contribution in [0.1, 0.15) is 43.5 Å². The zero-order valence-corrected chi connectivity index (χ0v) is 15.7. The average Bonchev–Trinajstić information content (AvgIpc) is 3.19. The van der Waals surface area contributed by atoms with Gasteiger partial charge in [0.25, 0.3) is 0 Å². The molecular weight excluding hydrogens is 332 g/mol. The zero-order valence-electron chi connectivity index (χ0n) is 15.7. The summed E-state index contributed by atoms with van der Waals surface area (Å²) < 4.78 is 8.10. The summed E-state index contributed by atoms with van der Waals surface area (Å²) in [6.07, 6.45) is 3.85. The minimum absolute atomic E-state index is 0.371. The molecule has 2 aromatic carbocycles. The molecule has 1 aromatic heterocycles. The van der Waals surface area contributed by atoms with Crippen LogP contribution in [-0.2, 0) is 13.0 Å². The van der Waals surface area contributed by atoms with Gasteiger partial charge in [-0.15, -0.1) is 11.8 Å². The molecule has 136 valence electrons. The van der Waals surface area contributed by atoms with Gasteiger partial charge < -0.3 is 4.74 Å². The lowest BCUT2D eigenvalue weighted by atomic mass is 10.0. The van der Waals surface area contributed by atoms with Crippen molar-refractivity contribution in [1.29, 1.82) is 0 Å². The molecule has 3 nitrogen and oxygen atoms in total. The summed E-state index contributed by atoms with van der Waals surface area (Å²) in [5.41, 5.74) is 4.65. The molecule has 4 rings (SSSR count). The Labute approximate surface area is 161 Å². The van der Waals surface area contributed by atoms with Gasteiger partial charge in [-0.05, 0) is 48.7 Å². The van der Waals surface area contributed by atoms with Gasteiger partial charge in [0.2, 0.25) is 0 Å². The van der Waals surface area contributed by atoms with Gasteiger partial charge in [0.05, 0.1) is 17.4 Å². The third kappa shape index (κ3) is 4.06. The molecule has 0 saturated carbocycles. The van der Waals surface area contributed by atoms with Crippen LogP contribution in [0.3, 0.4) is 0 Å². The van der Waals surface area contributed by atoms with E-state index in [1.54, 1.807) is 0 Å². The van der Waals surface area contributed by atoms with Crippen LogP contribution in [-0.4, -0.2) is 9.78 Å². The van der Waals surface area contributed by atoms with Crippen LogP contribution < -0.4 is 4.74 Å². The molecular formula is C24H24N2O. The molecule has 0 fully saturated rings. The van der Waals surface area contributed by atoms with Crippen molar-refractivity contribution in [3.63, 3.8) is 0 Å². The first kappa shape index (κ1) is 17.4. The highest BCUT2D eigenvalue weighted by atomic mass is 16.5. The van der Waals surface area contributed by atoms with Crippen LogP contribution in [0.4, 0.5) is 0 Å². The number of hydrogen-bond acceptors (Lipinski definition) is 2. The summed E-state index contributed by atoms with van der Waals surface area (Å²) in [4.78, 5) is 0. The molecule has 0 spiro atoms. The Bertz CT molecular complexity index is 946. The molecule has 1 unspecified atom stereocenters. The maximum absolute atomic E-state index is 5.92. The molecule has 0 N–H and O–H groups in total. The highest BCUT2D eigenvalue weighted by Crippen LogP contribution is 2.30. The van der Waals surface area contributed by atoms with E-state index in [-0.39, 0.29) is 0 Å². The van der Waals surface area contributed by atoms with E-state index in [9.17, 15) is 0 Å². The third-order valence-electron chi connectivity index (χ3n) is 4.96. The minimum atomic E-state index is 0.371. The SMILES string of the molecule is CCc1cc(-c2ccc(OCc3ccccc3)cc2)n(C2CC#CCC2)n1. The molecule has 3 aromatic rings. The number of benzene rings is 2. The number of rotatable bonds is 6. The van der Waals surface area contributed by atoms with E-state index < -0.39 is 0 Å². The maximum atomic E-state index is 5.92. The Morgan fingerprint density at radius 3 is 2.59 bits per heavy atom. The van der Waals surface area contributed by atoms with Gasteiger partial charge in [-0.1, -0.05) is 37.3 Å². The second kappa shape index (κ2) is 8.14. The molecule has 1 atom stereocenters. The largest absolute Gasteiger partial charge is 0.489 e. The predicted octanol–water partition coefficient (Wildman–Crippen LogP) is 5.42. The molecule has 0 radical (unpaired) electrons. The summed E-state index contributed by atoms with van der Waals surface area (Å²) in [6, 6.07) is 21.2. The van der Waals surface area contributed by atoms with Crippen LogP contribution in [0.2, 0.25) is 0 Å². The first-order valence-corrected chi connectivity index (χ1v) is 9.65. The maximum Gasteiger partial charge on any atom is 0.119 e. The van der Waals surface area contributed by atoms with E-state index in [1.807, 2.05) is 30.3 Å². The number of aryl methyl sites for hydroxylation is 1. The molecule has 1 aliphatic carbocycles. The van der Waals surface area contributed by atoms with Crippen LogP contribution >= 0.6 is 0 Å². The van der Waals surface area contributed by atoms with E-state index in [4.69, 9.17) is 9.84 Å². The van der Waals surface area contributed by atoms with Gasteiger partial charge in [0, 0.05) is 18.4 Å². The van der Waals surface area contributed by atoms with E-state index in [2.05, 4.69) is 53.8 Å². The summed E-state index contributed by atoms with van der Waals surface area (Å²) in [7, 11) is 0. The molecule has 1 heterocycles. The Hall–Kier alpha value is -2.99. The fourth-order valence-corrected chi connectivity index (χ4v) is 3.40. The van der Waals surface area contributed by atoms with Gasteiger partial charge in [0.15, 0.2) is 0 Å². The molecule has 0 amide bonds. The van der Waals surface area contributed by atoms with Gasteiger partial charge in [-0.25, -0.2) is 0 Å². The average molecular weight is 356 g/mol. The van der Waals surface area contributed by atoms with Crippen LogP contribution in [0.25, 0.3) is 11.3 Å². The number of ether oxygens (including phenoxy) is 1. The smallest absolute Gasteiger partial charge is 0.119 e. The van der Waals surface area contributed by atoms with Crippen molar-refractivity contribution in [3.05, 3.63) is 71.9 Å². The van der Waals surface area contributed by atoms with Crippen molar-refractivity contribution in [3.8, 4) is 28.8 Å². The summed E-state index contributed by atoms with van der Waals surface area (Å²) >= 11 is 0. The normalized spacial score (nSPS) is 15.8. The summed E-state index contributed by atoms with van der Waals surface area (Å²) in [5, 5.41) is 4.84. The van der Waals surface area contributed by atoms with Crippen molar-refractivity contribution >= 4 is 0 Å². The van der Waals surface area contributed by atoms with E-state index >= 15 is 0 Å². The Morgan fingerprint density at radius 2 is 1.89 bits per heavy atom. The minimum Gasteiger partial charge on any atom is -0.489 e. The fourth-order valence-electron chi connectivity index (χ4n) is 3.40. The summed E-state index contributed by atoms with van der Waals surface area (Å²) in [5.74, 6) is 7.32. The molecule has 3 heteroatoms. The van der Waals surface area contributed by atoms with Crippen LogP contribution in [0.15, 0.2) is 60.7 Å². The van der Waals surface area contributed by atoms with Gasteiger partial charge in [-0.2, -0.15) is 5.10 Å². The molecule has 0 aliphatic heterocycles. The Morgan fingerprint density at radius 1 is 1.07 bits per heavy atom. The van der Waals surface area contributed by atoms with Crippen LogP contribution in [0, 0.1) is 11.8 Å². The topological polar surface area (TPSA) is 27.1 Å². The second-order valence-corrected chi connectivity index (χ2v) is 6.87. The van der Waals surface area contributed by atoms with E-state index in [1.165, 1.54) is 16.8 Å². The van der Waals surface area contributed by atoms with Gasteiger partial charge >= 0.3 is 0 Å². The molecule has 0 saturated heterocycles. The monoisotopic (exact) mass is 356 g/mol. The second-order valence-electron chi connectivity index (χ2n) is 6.87. The van der Waals surface area contributed by atoms with Crippen molar-refractivity contribution in [2.45, 2.75) is 45.3 Å². The van der Waals surface area contributed by atoms with Crippen molar-refractivity contribution in [2.24, 2.45) is 0 Å². The third-order valence-corrected chi connectivity index (χ3v) is 4.96. The number of nitrogens with zero attached hydrogens (tertiary/aromatic N) is 2. The Kier molecular flexibility index (Phi) is 5.25. The van der Waals surface area contributed by atoms with E-state index in [0.717, 1.165) is 37.1 Å². The van der Waals surface area contributed by atoms with E-state index in [0.29, 0.717) is 12.6 Å². The lowest BCUT2D eigenvalue weighted by Gasteiger charge is -2.19. The predicted molar refractivity (Wildman–Crippen MR) is 108 cm³/mol. The summed E-state index contributed by atoms with van der Waals surface area (Å²) in [6.45, 7) is 2.73. The lowest BCUT2D eigenvalue weighted by Crippen LogP contribution is -2.13. The number of hydrogen-bond donors (Lipinski definition) is 0. The van der Waals surface area contributed by atoms with Crippen LogP contribution in [0.5, 0.6) is 5.75 Å². The molecule has 0 bridgehead atoms. The molecule has 27 heavy (non-hydrogen) atoms. The van der Waals surface area contributed by atoms with Crippen molar-refractivity contribution < 1.29 is 4.74 Å². The zero-order chi connectivity index (χ0) is 18.5. The number of aromatic nitrogens is 2. The Balaban J connectivity index is 1.53. The lowest BCUT2D eigenvalue weighted by molar-refractivity contribution is 0.306. The first-order valence-electron chi connectivity index (χ1n) is 9.65. The quantitative estimate of drug-likeness (QED) is 0.551.